The number of urea groups is 1. The minimum atomic E-state index is -0.718. The summed E-state index contributed by atoms with van der Waals surface area (Å²) in [5.74, 6) is -0.966. The van der Waals surface area contributed by atoms with Crippen molar-refractivity contribution in [2.24, 2.45) is 5.92 Å². The predicted octanol–water partition coefficient (Wildman–Crippen LogP) is 2.05. The zero-order valence-electron chi connectivity index (χ0n) is 13.6. The number of hydrogen-bond donors (Lipinski definition) is 3. The van der Waals surface area contributed by atoms with Crippen LogP contribution in [0.5, 0.6) is 0 Å². The molecule has 2 amide bonds. The first kappa shape index (κ1) is 17.0. The normalized spacial score (nSPS) is 25.2. The van der Waals surface area contributed by atoms with Crippen LogP contribution in [0.25, 0.3) is 0 Å². The molecule has 3 N–H and O–H groups in total. The topological polar surface area (TPSA) is 94.6 Å². The number of rotatable bonds is 4. The molecule has 0 spiro atoms. The van der Waals surface area contributed by atoms with Crippen LogP contribution in [0.2, 0.25) is 0 Å². The molecule has 2 aliphatic rings. The zero-order valence-corrected chi connectivity index (χ0v) is 14.4. The molecule has 0 radical (unpaired) electrons. The van der Waals surface area contributed by atoms with Gasteiger partial charge in [-0.3, -0.25) is 4.79 Å². The van der Waals surface area contributed by atoms with Crippen molar-refractivity contribution in [2.75, 3.05) is 18.0 Å². The molecule has 0 unspecified atom stereocenters. The number of amides is 2. The second-order valence-corrected chi connectivity index (χ2v) is 7.45. The maximum atomic E-state index is 12.1. The van der Waals surface area contributed by atoms with Gasteiger partial charge in [0.25, 0.3) is 0 Å². The molecule has 2 fully saturated rings. The van der Waals surface area contributed by atoms with Gasteiger partial charge in [0.1, 0.15) is 0 Å². The van der Waals surface area contributed by atoms with Crippen molar-refractivity contribution >= 4 is 28.5 Å². The Morgan fingerprint density at radius 3 is 2.25 bits per heavy atom. The van der Waals surface area contributed by atoms with E-state index in [0.717, 1.165) is 43.9 Å². The molecule has 2 heterocycles. The van der Waals surface area contributed by atoms with E-state index in [2.05, 4.69) is 20.5 Å². The van der Waals surface area contributed by atoms with Crippen LogP contribution in [0, 0.1) is 5.92 Å². The number of aromatic nitrogens is 1. The van der Waals surface area contributed by atoms with E-state index in [4.69, 9.17) is 5.11 Å². The lowest BCUT2D eigenvalue weighted by atomic mass is 9.86. The zero-order chi connectivity index (χ0) is 16.9. The van der Waals surface area contributed by atoms with Gasteiger partial charge in [-0.2, -0.15) is 0 Å². The van der Waals surface area contributed by atoms with Gasteiger partial charge in [-0.05, 0) is 38.5 Å². The Labute approximate surface area is 145 Å². The predicted molar refractivity (Wildman–Crippen MR) is 92.4 cm³/mol. The number of carboxylic acid groups (broad SMARTS) is 1. The second kappa shape index (κ2) is 7.83. The number of nitrogens with one attached hydrogen (secondary N) is 2. The van der Waals surface area contributed by atoms with Crippen molar-refractivity contribution in [3.8, 4) is 0 Å². The number of carbonyl (C=O) groups is 2. The summed E-state index contributed by atoms with van der Waals surface area (Å²) in [5, 5.41) is 18.1. The standard InChI is InChI=1S/C16H24N4O3S/c21-14(22)11-1-3-12(4-2-11)18-15(23)19-13-5-8-20(9-6-13)16-17-7-10-24-16/h7,10-13H,1-6,8-9H2,(H,21,22)(H2,18,19,23). The Balaban J connectivity index is 1.36. The Bertz CT molecular complexity index is 550. The number of hydrogen-bond acceptors (Lipinski definition) is 5. The minimum absolute atomic E-state index is 0.0935. The van der Waals surface area contributed by atoms with Crippen molar-refractivity contribution in [1.29, 1.82) is 0 Å². The molecular weight excluding hydrogens is 328 g/mol. The number of anilines is 1. The lowest BCUT2D eigenvalue weighted by molar-refractivity contribution is -0.142. The number of nitrogens with zero attached hydrogens (tertiary/aromatic N) is 2. The van der Waals surface area contributed by atoms with Crippen LogP contribution in [0.4, 0.5) is 9.93 Å². The monoisotopic (exact) mass is 352 g/mol. The van der Waals surface area contributed by atoms with E-state index in [1.807, 2.05) is 11.6 Å². The summed E-state index contributed by atoms with van der Waals surface area (Å²) in [4.78, 5) is 29.7. The molecule has 1 saturated carbocycles. The van der Waals surface area contributed by atoms with Crippen LogP contribution in [-0.2, 0) is 4.79 Å². The van der Waals surface area contributed by atoms with Gasteiger partial charge in [-0.25, -0.2) is 9.78 Å². The largest absolute Gasteiger partial charge is 0.481 e. The van der Waals surface area contributed by atoms with Gasteiger partial charge in [0.2, 0.25) is 0 Å². The molecule has 24 heavy (non-hydrogen) atoms. The average molecular weight is 352 g/mol. The van der Waals surface area contributed by atoms with Gasteiger partial charge in [-0.15, -0.1) is 11.3 Å². The number of piperidine rings is 1. The van der Waals surface area contributed by atoms with Gasteiger partial charge in [0, 0.05) is 36.8 Å². The fourth-order valence-electron chi connectivity index (χ4n) is 3.48. The first-order chi connectivity index (χ1) is 11.6. The van der Waals surface area contributed by atoms with Crippen LogP contribution in [0.3, 0.4) is 0 Å². The fourth-order valence-corrected chi connectivity index (χ4v) is 4.18. The maximum Gasteiger partial charge on any atom is 0.315 e. The van der Waals surface area contributed by atoms with Crippen molar-refractivity contribution in [2.45, 2.75) is 50.6 Å². The highest BCUT2D eigenvalue weighted by Crippen LogP contribution is 2.25. The van der Waals surface area contributed by atoms with E-state index >= 15 is 0 Å². The van der Waals surface area contributed by atoms with Crippen molar-refractivity contribution in [1.82, 2.24) is 15.6 Å². The summed E-state index contributed by atoms with van der Waals surface area (Å²) in [7, 11) is 0. The third-order valence-corrected chi connectivity index (χ3v) is 5.76. The number of aliphatic carboxylic acids is 1. The lowest BCUT2D eigenvalue weighted by Crippen LogP contribution is -2.50. The highest BCUT2D eigenvalue weighted by Gasteiger charge is 2.27. The summed E-state index contributed by atoms with van der Waals surface area (Å²) in [5.41, 5.74) is 0. The van der Waals surface area contributed by atoms with Crippen LogP contribution < -0.4 is 15.5 Å². The van der Waals surface area contributed by atoms with Crippen LogP contribution >= 0.6 is 11.3 Å². The van der Waals surface area contributed by atoms with Crippen molar-refractivity contribution in [3.05, 3.63) is 11.6 Å². The summed E-state index contributed by atoms with van der Waals surface area (Å²) in [6.07, 6.45) is 6.42. The Kier molecular flexibility index (Phi) is 5.55. The van der Waals surface area contributed by atoms with Crippen LogP contribution in [-0.4, -0.2) is 47.3 Å². The molecule has 1 aromatic rings. The summed E-state index contributed by atoms with van der Waals surface area (Å²) >= 11 is 1.64. The van der Waals surface area contributed by atoms with Gasteiger partial charge in [0.15, 0.2) is 5.13 Å². The first-order valence-corrected chi connectivity index (χ1v) is 9.44. The van der Waals surface area contributed by atoms with E-state index in [9.17, 15) is 9.59 Å². The molecule has 0 bridgehead atoms. The minimum Gasteiger partial charge on any atom is -0.481 e. The Hall–Kier alpha value is -1.83. The summed E-state index contributed by atoms with van der Waals surface area (Å²) in [6.45, 7) is 1.81. The molecule has 8 heteroatoms. The first-order valence-electron chi connectivity index (χ1n) is 8.56. The van der Waals surface area contributed by atoms with E-state index in [1.165, 1.54) is 0 Å². The molecule has 1 aromatic heterocycles. The number of thiazole rings is 1. The molecule has 1 aliphatic heterocycles. The van der Waals surface area contributed by atoms with E-state index in [-0.39, 0.29) is 24.0 Å². The van der Waals surface area contributed by atoms with Gasteiger partial charge < -0.3 is 20.6 Å². The maximum absolute atomic E-state index is 12.1. The number of carboxylic acids is 1. The molecule has 1 aliphatic carbocycles. The second-order valence-electron chi connectivity index (χ2n) is 6.58. The van der Waals surface area contributed by atoms with Gasteiger partial charge in [0.05, 0.1) is 5.92 Å². The fraction of sp³-hybridized carbons (Fsp3) is 0.688. The van der Waals surface area contributed by atoms with Gasteiger partial charge in [-0.1, -0.05) is 0 Å². The van der Waals surface area contributed by atoms with Crippen LogP contribution in [0.15, 0.2) is 11.6 Å². The lowest BCUT2D eigenvalue weighted by Gasteiger charge is -2.33. The smallest absolute Gasteiger partial charge is 0.315 e. The third kappa shape index (κ3) is 4.37. The molecular formula is C16H24N4O3S. The van der Waals surface area contributed by atoms with Crippen molar-refractivity contribution < 1.29 is 14.7 Å². The summed E-state index contributed by atoms with van der Waals surface area (Å²) < 4.78 is 0. The molecule has 132 valence electrons. The Morgan fingerprint density at radius 2 is 1.71 bits per heavy atom. The highest BCUT2D eigenvalue weighted by molar-refractivity contribution is 7.13. The molecule has 7 nitrogen and oxygen atoms in total. The Morgan fingerprint density at radius 1 is 1.08 bits per heavy atom. The van der Waals surface area contributed by atoms with E-state index < -0.39 is 5.97 Å². The molecule has 1 saturated heterocycles. The van der Waals surface area contributed by atoms with E-state index in [0.29, 0.717) is 12.8 Å². The summed E-state index contributed by atoms with van der Waals surface area (Å²) in [6, 6.07) is 0.161. The van der Waals surface area contributed by atoms with Crippen LogP contribution in [0.1, 0.15) is 38.5 Å². The van der Waals surface area contributed by atoms with Crippen molar-refractivity contribution in [3.63, 3.8) is 0 Å². The quantitative estimate of drug-likeness (QED) is 0.771. The SMILES string of the molecule is O=C(NC1CCC(C(=O)O)CC1)NC1CCN(c2nccs2)CC1. The van der Waals surface area contributed by atoms with Gasteiger partial charge >= 0.3 is 12.0 Å². The molecule has 3 rings (SSSR count). The number of carbonyl (C=O) groups excluding carboxylic acids is 1. The molecule has 0 atom stereocenters. The highest BCUT2D eigenvalue weighted by atomic mass is 32.1. The molecule has 0 aromatic carbocycles. The third-order valence-electron chi connectivity index (χ3n) is 4.93. The van der Waals surface area contributed by atoms with E-state index in [1.54, 1.807) is 11.3 Å². The average Bonchev–Trinajstić information content (AvgIpc) is 3.10.